The van der Waals surface area contributed by atoms with Gasteiger partial charge in [0, 0.05) is 6.92 Å². The predicted octanol–water partition coefficient (Wildman–Crippen LogP) is 5.13. The second-order valence-corrected chi connectivity index (χ2v) is 9.57. The highest BCUT2D eigenvalue weighted by atomic mass is 16.5. The Morgan fingerprint density at radius 3 is 2.68 bits per heavy atom. The quantitative estimate of drug-likeness (QED) is 0.534. The third-order valence-corrected chi connectivity index (χ3v) is 7.34. The molecule has 0 spiro atoms. The topological polar surface area (TPSA) is 46.5 Å². The lowest BCUT2D eigenvalue weighted by Crippen LogP contribution is -2.49. The summed E-state index contributed by atoms with van der Waals surface area (Å²) in [5.41, 5.74) is 2.18. The maximum atomic E-state index is 10.9. The fourth-order valence-electron chi connectivity index (χ4n) is 5.80. The van der Waals surface area contributed by atoms with E-state index in [1.54, 1.807) is 0 Å². The Balaban J connectivity index is 2.01. The summed E-state index contributed by atoms with van der Waals surface area (Å²) in [7, 11) is 0. The van der Waals surface area contributed by atoms with Gasteiger partial charge in [-0.15, -0.1) is 0 Å². The van der Waals surface area contributed by atoms with Crippen molar-refractivity contribution in [3.63, 3.8) is 0 Å². The number of ether oxygens (including phenoxy) is 1. The number of esters is 1. The fourth-order valence-corrected chi connectivity index (χ4v) is 5.80. The van der Waals surface area contributed by atoms with Crippen LogP contribution in [0.15, 0.2) is 12.2 Å². The van der Waals surface area contributed by atoms with E-state index in [1.165, 1.54) is 38.2 Å². The highest BCUT2D eigenvalue weighted by molar-refractivity contribution is 5.65. The standard InChI is InChI=1S/C22H38O3/c1-15-9-11-20-21(4,5)12-7-13-22(20,6)18(15)10-8-16(2)19(24)14-25-17(3)23/h16,18-20,24H,1,7-14H2,2-6H3/t16-,18+,19-,20+,22-/m1/s1. The molecule has 2 aliphatic rings. The predicted molar refractivity (Wildman–Crippen MR) is 102 cm³/mol. The number of hydrogen-bond acceptors (Lipinski definition) is 3. The molecular formula is C22H38O3. The van der Waals surface area contributed by atoms with Crippen LogP contribution in [0, 0.1) is 28.6 Å². The number of carbonyl (C=O) groups excluding carboxylic acids is 1. The average Bonchev–Trinajstić information content (AvgIpc) is 2.50. The summed E-state index contributed by atoms with van der Waals surface area (Å²) in [5.74, 6) is 1.12. The zero-order valence-electron chi connectivity index (χ0n) is 16.9. The lowest BCUT2D eigenvalue weighted by molar-refractivity contribution is -0.144. The molecule has 0 radical (unpaired) electrons. The van der Waals surface area contributed by atoms with Gasteiger partial charge in [0.15, 0.2) is 0 Å². The smallest absolute Gasteiger partial charge is 0.302 e. The molecule has 0 saturated heterocycles. The first-order valence-corrected chi connectivity index (χ1v) is 10.1. The minimum absolute atomic E-state index is 0.106. The minimum atomic E-state index is -0.577. The van der Waals surface area contributed by atoms with Crippen molar-refractivity contribution in [1.82, 2.24) is 0 Å². The van der Waals surface area contributed by atoms with Crippen LogP contribution in [0.1, 0.15) is 79.6 Å². The SMILES string of the molecule is C=C1CC[C@H]2C(C)(C)CCC[C@]2(C)[C@H]1CC[C@@H](C)[C@H](O)COC(C)=O. The number of aliphatic hydroxyl groups is 1. The monoisotopic (exact) mass is 350 g/mol. The number of carbonyl (C=O) groups is 1. The summed E-state index contributed by atoms with van der Waals surface area (Å²) in [6, 6.07) is 0. The van der Waals surface area contributed by atoms with Gasteiger partial charge in [0.05, 0.1) is 6.10 Å². The molecule has 5 atom stereocenters. The Hall–Kier alpha value is -0.830. The van der Waals surface area contributed by atoms with Gasteiger partial charge < -0.3 is 9.84 Å². The van der Waals surface area contributed by atoms with Crippen molar-refractivity contribution in [2.75, 3.05) is 6.61 Å². The number of rotatable bonds is 6. The van der Waals surface area contributed by atoms with E-state index in [0.29, 0.717) is 16.7 Å². The molecule has 3 nitrogen and oxygen atoms in total. The van der Waals surface area contributed by atoms with Crippen molar-refractivity contribution in [3.05, 3.63) is 12.2 Å². The molecule has 3 heteroatoms. The van der Waals surface area contributed by atoms with Gasteiger partial charge >= 0.3 is 5.97 Å². The maximum absolute atomic E-state index is 10.9. The molecule has 2 saturated carbocycles. The van der Waals surface area contributed by atoms with Crippen molar-refractivity contribution in [1.29, 1.82) is 0 Å². The van der Waals surface area contributed by atoms with Crippen LogP contribution in [-0.2, 0) is 9.53 Å². The Kier molecular flexibility index (Phi) is 6.40. The van der Waals surface area contributed by atoms with Gasteiger partial charge in [-0.05, 0) is 67.1 Å². The van der Waals surface area contributed by atoms with Crippen LogP contribution in [0.5, 0.6) is 0 Å². The van der Waals surface area contributed by atoms with Gasteiger partial charge in [0.1, 0.15) is 6.61 Å². The van der Waals surface area contributed by atoms with E-state index >= 15 is 0 Å². The Morgan fingerprint density at radius 1 is 1.36 bits per heavy atom. The van der Waals surface area contributed by atoms with Crippen LogP contribution in [-0.4, -0.2) is 23.8 Å². The van der Waals surface area contributed by atoms with Crippen molar-refractivity contribution >= 4 is 5.97 Å². The van der Waals surface area contributed by atoms with Crippen LogP contribution < -0.4 is 0 Å². The van der Waals surface area contributed by atoms with Gasteiger partial charge in [0.25, 0.3) is 0 Å². The fraction of sp³-hybridized carbons (Fsp3) is 0.864. The van der Waals surface area contributed by atoms with Gasteiger partial charge in [-0.1, -0.05) is 46.3 Å². The molecule has 0 amide bonds. The molecule has 0 unspecified atom stereocenters. The second kappa shape index (κ2) is 7.82. The highest BCUT2D eigenvalue weighted by Gasteiger charge is 2.52. The van der Waals surface area contributed by atoms with Crippen molar-refractivity contribution in [2.24, 2.45) is 28.6 Å². The molecule has 2 fully saturated rings. The molecule has 0 aromatic carbocycles. The molecule has 25 heavy (non-hydrogen) atoms. The van der Waals surface area contributed by atoms with Gasteiger partial charge in [0.2, 0.25) is 0 Å². The molecule has 0 aliphatic heterocycles. The molecule has 2 aliphatic carbocycles. The minimum Gasteiger partial charge on any atom is -0.463 e. The molecule has 1 N–H and O–H groups in total. The highest BCUT2D eigenvalue weighted by Crippen LogP contribution is 2.61. The van der Waals surface area contributed by atoms with Crippen LogP contribution in [0.25, 0.3) is 0 Å². The summed E-state index contributed by atoms with van der Waals surface area (Å²) in [4.78, 5) is 10.9. The Labute approximate surface area is 154 Å². The van der Waals surface area contributed by atoms with E-state index in [2.05, 4.69) is 34.3 Å². The second-order valence-electron chi connectivity index (χ2n) is 9.57. The van der Waals surface area contributed by atoms with Crippen molar-refractivity contribution in [2.45, 2.75) is 85.7 Å². The first kappa shape index (κ1) is 20.5. The summed E-state index contributed by atoms with van der Waals surface area (Å²) in [5, 5.41) is 10.2. The zero-order chi connectivity index (χ0) is 18.8. The van der Waals surface area contributed by atoms with Crippen molar-refractivity contribution < 1.29 is 14.6 Å². The molecular weight excluding hydrogens is 312 g/mol. The van der Waals surface area contributed by atoms with Crippen molar-refractivity contribution in [3.8, 4) is 0 Å². The Bertz CT molecular complexity index is 496. The van der Waals surface area contributed by atoms with Gasteiger partial charge in [-0.3, -0.25) is 4.79 Å². The summed E-state index contributed by atoms with van der Waals surface area (Å²) in [6.07, 6.45) is 7.84. The Morgan fingerprint density at radius 2 is 2.04 bits per heavy atom. The normalized spacial score (nSPS) is 34.1. The molecule has 144 valence electrons. The van der Waals surface area contributed by atoms with Gasteiger partial charge in [-0.25, -0.2) is 0 Å². The molecule has 0 heterocycles. The average molecular weight is 351 g/mol. The van der Waals surface area contributed by atoms with E-state index < -0.39 is 6.10 Å². The third kappa shape index (κ3) is 4.48. The molecule has 2 rings (SSSR count). The van der Waals surface area contributed by atoms with Gasteiger partial charge in [-0.2, -0.15) is 0 Å². The number of fused-ring (bicyclic) bond motifs is 1. The van der Waals surface area contributed by atoms with E-state index in [-0.39, 0.29) is 18.5 Å². The van der Waals surface area contributed by atoms with E-state index in [1.807, 2.05) is 0 Å². The third-order valence-electron chi connectivity index (χ3n) is 7.34. The molecule has 0 aromatic heterocycles. The number of allylic oxidation sites excluding steroid dienone is 1. The first-order chi connectivity index (χ1) is 11.6. The van der Waals surface area contributed by atoms with E-state index in [4.69, 9.17) is 4.74 Å². The lowest BCUT2D eigenvalue weighted by atomic mass is 9.47. The number of aliphatic hydroxyl groups excluding tert-OH is 1. The van der Waals surface area contributed by atoms with E-state index in [0.717, 1.165) is 25.2 Å². The summed E-state index contributed by atoms with van der Waals surface area (Å²) < 4.78 is 4.96. The lowest BCUT2D eigenvalue weighted by Gasteiger charge is -2.58. The number of hydrogen-bond donors (Lipinski definition) is 1. The van der Waals surface area contributed by atoms with Crippen LogP contribution in [0.2, 0.25) is 0 Å². The van der Waals surface area contributed by atoms with E-state index in [9.17, 15) is 9.90 Å². The zero-order valence-corrected chi connectivity index (χ0v) is 16.9. The first-order valence-electron chi connectivity index (χ1n) is 10.1. The largest absolute Gasteiger partial charge is 0.463 e. The molecule has 0 bridgehead atoms. The maximum Gasteiger partial charge on any atom is 0.302 e. The van der Waals surface area contributed by atoms with Crippen LogP contribution >= 0.6 is 0 Å². The van der Waals surface area contributed by atoms with Crippen LogP contribution in [0.4, 0.5) is 0 Å². The molecule has 0 aromatic rings. The summed E-state index contributed by atoms with van der Waals surface area (Å²) >= 11 is 0. The summed E-state index contributed by atoms with van der Waals surface area (Å²) in [6.45, 7) is 15.4. The van der Waals surface area contributed by atoms with Crippen LogP contribution in [0.3, 0.4) is 0 Å².